The average molecular weight is 591 g/mol. The maximum absolute atomic E-state index is 15.0. The molecule has 4 fully saturated rings. The number of aromatic hydroxyl groups is 1. The summed E-state index contributed by atoms with van der Waals surface area (Å²) in [5.74, 6) is -1.82. The van der Waals surface area contributed by atoms with E-state index in [0.717, 1.165) is 11.9 Å². The molecule has 0 unspecified atom stereocenters. The summed E-state index contributed by atoms with van der Waals surface area (Å²) >= 11 is 0. The van der Waals surface area contributed by atoms with Gasteiger partial charge in [-0.25, -0.2) is 0 Å². The normalized spacial score (nSPS) is 34.1. The molecule has 8 heteroatoms. The van der Waals surface area contributed by atoms with Crippen molar-refractivity contribution in [1.82, 2.24) is 0 Å². The Bertz CT molecular complexity index is 1520. The highest BCUT2D eigenvalue weighted by Gasteiger charge is 2.85. The molecule has 1 aromatic carbocycles. The van der Waals surface area contributed by atoms with Crippen molar-refractivity contribution in [2.24, 2.45) is 17.8 Å². The van der Waals surface area contributed by atoms with E-state index in [9.17, 15) is 19.5 Å². The van der Waals surface area contributed by atoms with Gasteiger partial charge in [0.2, 0.25) is 0 Å². The number of benzene rings is 1. The molecule has 6 atom stereocenters. The first-order valence-electron chi connectivity index (χ1n) is 15.3. The standard InChI is InChI=1S/C35H42O8/c1-9-40-30-22-16-23-33(7,8)43-34(31(22)39,15-12-19(4)17-36)35(23)25(30)27(38)24-26(37)20-13-14-32(5,6)41-28(20)21(29(24)42-35)11-10-18(2)3/h10,12-14,17,22-23,25,30,37H,9,11,15-16H2,1-8H3/t22-,23-,25-,30-,34+,35-/m1/s1. The number of rotatable bonds is 7. The Kier molecular flexibility index (Phi) is 6.68. The van der Waals surface area contributed by atoms with Gasteiger partial charge < -0.3 is 24.1 Å². The summed E-state index contributed by atoms with van der Waals surface area (Å²) in [4.78, 5) is 41.2. The van der Waals surface area contributed by atoms with Crippen LogP contribution in [0.2, 0.25) is 0 Å². The lowest BCUT2D eigenvalue weighted by Gasteiger charge is -2.62. The molecule has 0 radical (unpaired) electrons. The lowest BCUT2D eigenvalue weighted by atomic mass is 9.45. The first-order chi connectivity index (χ1) is 20.2. The predicted octanol–water partition coefficient (Wildman–Crippen LogP) is 5.72. The van der Waals surface area contributed by atoms with Crippen molar-refractivity contribution in [3.8, 4) is 17.2 Å². The van der Waals surface area contributed by atoms with Crippen LogP contribution in [-0.2, 0) is 25.5 Å². The molecule has 3 aliphatic carbocycles. The molecule has 1 N–H and O–H groups in total. The number of hydrogen-bond acceptors (Lipinski definition) is 8. The van der Waals surface area contributed by atoms with Crippen LogP contribution in [0.1, 0.15) is 89.7 Å². The second kappa shape index (κ2) is 9.63. The molecule has 3 aliphatic heterocycles. The molecule has 4 bridgehead atoms. The van der Waals surface area contributed by atoms with Crippen LogP contribution >= 0.6 is 0 Å². The molecule has 7 rings (SSSR count). The second-order valence-electron chi connectivity index (χ2n) is 14.0. The first kappa shape index (κ1) is 29.8. The Labute approximate surface area is 253 Å². The van der Waals surface area contributed by atoms with Gasteiger partial charge in [0.25, 0.3) is 0 Å². The lowest BCUT2D eigenvalue weighted by molar-refractivity contribution is -0.226. The summed E-state index contributed by atoms with van der Waals surface area (Å²) in [6.07, 6.45) is 8.33. The molecule has 1 spiro atoms. The highest BCUT2D eigenvalue weighted by Crippen LogP contribution is 2.70. The van der Waals surface area contributed by atoms with E-state index in [2.05, 4.69) is 0 Å². The summed E-state index contributed by atoms with van der Waals surface area (Å²) in [7, 11) is 0. The van der Waals surface area contributed by atoms with E-state index in [4.69, 9.17) is 18.9 Å². The molecule has 8 nitrogen and oxygen atoms in total. The second-order valence-corrected chi connectivity index (χ2v) is 14.0. The van der Waals surface area contributed by atoms with Crippen LogP contribution in [0.3, 0.4) is 0 Å². The van der Waals surface area contributed by atoms with Crippen LogP contribution in [0.4, 0.5) is 0 Å². The molecule has 0 aromatic heterocycles. The number of Topliss-reactive ketones (excluding diaryl/α,β-unsaturated/α-hetero) is 2. The van der Waals surface area contributed by atoms with Crippen LogP contribution in [0.15, 0.2) is 29.4 Å². The number of phenolic OH excluding ortho intramolecular Hbond substituents is 1. The summed E-state index contributed by atoms with van der Waals surface area (Å²) in [6, 6.07) is 0. The largest absolute Gasteiger partial charge is 0.506 e. The lowest BCUT2D eigenvalue weighted by Crippen LogP contribution is -2.80. The van der Waals surface area contributed by atoms with Gasteiger partial charge in [-0.2, -0.15) is 0 Å². The van der Waals surface area contributed by atoms with E-state index in [1.807, 2.05) is 60.6 Å². The Morgan fingerprint density at radius 2 is 1.81 bits per heavy atom. The Morgan fingerprint density at radius 3 is 2.47 bits per heavy atom. The number of fused-ring (bicyclic) bond motifs is 2. The van der Waals surface area contributed by atoms with Crippen molar-refractivity contribution >= 4 is 23.9 Å². The van der Waals surface area contributed by atoms with Crippen LogP contribution in [-0.4, -0.2) is 58.1 Å². The van der Waals surface area contributed by atoms with Gasteiger partial charge in [-0.3, -0.25) is 14.4 Å². The molecule has 3 heterocycles. The van der Waals surface area contributed by atoms with E-state index in [0.29, 0.717) is 41.9 Å². The van der Waals surface area contributed by atoms with Gasteiger partial charge in [-0.15, -0.1) is 0 Å². The molecule has 0 amide bonds. The maximum atomic E-state index is 15.0. The number of ketones is 2. The van der Waals surface area contributed by atoms with Crippen molar-refractivity contribution in [1.29, 1.82) is 0 Å². The van der Waals surface area contributed by atoms with Crippen LogP contribution in [0, 0.1) is 17.8 Å². The topological polar surface area (TPSA) is 108 Å². The van der Waals surface area contributed by atoms with E-state index in [1.165, 1.54) is 0 Å². The van der Waals surface area contributed by atoms with E-state index in [1.54, 1.807) is 19.1 Å². The fraction of sp³-hybridized carbons (Fsp3) is 0.571. The quantitative estimate of drug-likeness (QED) is 0.244. The first-order valence-corrected chi connectivity index (χ1v) is 15.3. The number of aldehydes is 1. The number of ether oxygens (including phenoxy) is 4. The van der Waals surface area contributed by atoms with Crippen molar-refractivity contribution in [2.45, 2.75) is 103 Å². The zero-order chi connectivity index (χ0) is 31.3. The van der Waals surface area contributed by atoms with Crippen molar-refractivity contribution in [3.05, 3.63) is 46.1 Å². The third-order valence-corrected chi connectivity index (χ3v) is 10.1. The van der Waals surface area contributed by atoms with Crippen molar-refractivity contribution in [2.75, 3.05) is 6.61 Å². The molecule has 1 aromatic rings. The van der Waals surface area contributed by atoms with Gasteiger partial charge in [0.15, 0.2) is 22.8 Å². The minimum absolute atomic E-state index is 0.0806. The van der Waals surface area contributed by atoms with Crippen molar-refractivity contribution < 1.29 is 38.4 Å². The molecule has 230 valence electrons. The number of hydrogen-bond donors (Lipinski definition) is 1. The van der Waals surface area contributed by atoms with E-state index in [-0.39, 0.29) is 41.0 Å². The SMILES string of the molecule is CCO[C@H]1[C@H]2C(=O)c3c(O)c4c(c(CC=C(C)C)c3O[C@]23[C@@H]2C[C@H]1C(=O)[C@]3(CC=C(C)C=O)OC2(C)C)OC(C)(C)C=C4. The van der Waals surface area contributed by atoms with E-state index >= 15 is 0 Å². The Morgan fingerprint density at radius 1 is 1.09 bits per heavy atom. The van der Waals surface area contributed by atoms with Crippen LogP contribution in [0.25, 0.3) is 6.08 Å². The minimum atomic E-state index is -1.53. The summed E-state index contributed by atoms with van der Waals surface area (Å²) in [5, 5.41) is 11.7. The highest BCUT2D eigenvalue weighted by molar-refractivity contribution is 6.10. The molecule has 43 heavy (non-hydrogen) atoms. The third-order valence-electron chi connectivity index (χ3n) is 10.1. The third kappa shape index (κ3) is 3.91. The molecule has 6 aliphatic rings. The predicted molar refractivity (Wildman–Crippen MR) is 161 cm³/mol. The monoisotopic (exact) mass is 590 g/mol. The van der Waals surface area contributed by atoms with Gasteiger partial charge in [-0.1, -0.05) is 17.7 Å². The van der Waals surface area contributed by atoms with E-state index < -0.39 is 40.3 Å². The number of carbonyl (C=O) groups is 3. The maximum Gasteiger partial charge on any atom is 0.180 e. The minimum Gasteiger partial charge on any atom is -0.506 e. The van der Waals surface area contributed by atoms with Crippen LogP contribution in [0.5, 0.6) is 17.2 Å². The van der Waals surface area contributed by atoms with Gasteiger partial charge in [0.05, 0.1) is 23.2 Å². The van der Waals surface area contributed by atoms with Gasteiger partial charge in [-0.05, 0) is 86.0 Å². The highest BCUT2D eigenvalue weighted by atomic mass is 16.6. The van der Waals surface area contributed by atoms with Crippen LogP contribution < -0.4 is 9.47 Å². The van der Waals surface area contributed by atoms with Gasteiger partial charge in [0, 0.05) is 30.4 Å². The molecule has 1 saturated heterocycles. The molecular weight excluding hydrogens is 548 g/mol. The average Bonchev–Trinajstić information content (AvgIpc) is 3.07. The Hall–Kier alpha value is -3.23. The number of carbonyl (C=O) groups excluding carboxylic acids is 3. The summed E-state index contributed by atoms with van der Waals surface area (Å²) < 4.78 is 26.7. The number of allylic oxidation sites excluding steroid dienone is 3. The smallest absolute Gasteiger partial charge is 0.180 e. The number of phenols is 1. The van der Waals surface area contributed by atoms with Gasteiger partial charge >= 0.3 is 0 Å². The molecular formula is C35H42O8. The zero-order valence-electron chi connectivity index (χ0n) is 26.3. The fourth-order valence-electron chi connectivity index (χ4n) is 8.38. The summed E-state index contributed by atoms with van der Waals surface area (Å²) in [6.45, 7) is 15.6. The van der Waals surface area contributed by atoms with Crippen molar-refractivity contribution in [3.63, 3.8) is 0 Å². The fourth-order valence-corrected chi connectivity index (χ4v) is 8.38. The summed E-state index contributed by atoms with van der Waals surface area (Å²) in [5.41, 5.74) is -1.73. The Balaban J connectivity index is 1.68. The zero-order valence-corrected chi connectivity index (χ0v) is 26.3. The van der Waals surface area contributed by atoms with Gasteiger partial charge in [0.1, 0.15) is 34.7 Å². The molecule has 3 saturated carbocycles.